The molecule has 1 heterocycles. The summed E-state index contributed by atoms with van der Waals surface area (Å²) in [5, 5.41) is 0. The van der Waals surface area contributed by atoms with E-state index in [0.29, 0.717) is 0 Å². The molecule has 0 aromatic rings. The number of nitrogens with zero attached hydrogens (tertiary/aromatic N) is 1. The van der Waals surface area contributed by atoms with Gasteiger partial charge in [-0.3, -0.25) is 0 Å². The van der Waals surface area contributed by atoms with Gasteiger partial charge < -0.3 is 10.6 Å². The number of nitrogens with two attached hydrogens (primary N) is 1. The fourth-order valence-electron chi connectivity index (χ4n) is 2.65. The van der Waals surface area contributed by atoms with Crippen molar-refractivity contribution < 1.29 is 4.79 Å². The number of likely N-dealkylation sites (tertiary alicyclic amines) is 1. The second-order valence-corrected chi connectivity index (χ2v) is 5.70. The largest absolute Gasteiger partial charge is 0.351 e. The van der Waals surface area contributed by atoms with Gasteiger partial charge in [0.2, 0.25) is 0 Å². The van der Waals surface area contributed by atoms with Crippen LogP contribution in [0.4, 0.5) is 4.79 Å². The van der Waals surface area contributed by atoms with Gasteiger partial charge in [0, 0.05) is 13.1 Å². The van der Waals surface area contributed by atoms with Crippen LogP contribution in [0.15, 0.2) is 0 Å². The molecule has 0 unspecified atom stereocenters. The summed E-state index contributed by atoms with van der Waals surface area (Å²) in [5.41, 5.74) is 5.68. The molecule has 1 saturated heterocycles. The highest BCUT2D eigenvalue weighted by atomic mass is 16.2. The molecule has 0 aliphatic carbocycles. The molecule has 0 atom stereocenters. The smallest absolute Gasteiger partial charge is 0.314 e. The van der Waals surface area contributed by atoms with Crippen molar-refractivity contribution in [2.24, 2.45) is 16.6 Å². The van der Waals surface area contributed by atoms with Crippen molar-refractivity contribution in [1.29, 1.82) is 0 Å². The number of primary amides is 1. The lowest BCUT2D eigenvalue weighted by atomic mass is 9.71. The lowest BCUT2D eigenvalue weighted by Crippen LogP contribution is -2.52. The van der Waals surface area contributed by atoms with Crippen molar-refractivity contribution in [2.45, 2.75) is 34.1 Å². The predicted octanol–water partition coefficient (Wildman–Crippen LogP) is 1.82. The summed E-state index contributed by atoms with van der Waals surface area (Å²) in [6.07, 6.45) is 1.14. The summed E-state index contributed by atoms with van der Waals surface area (Å²) < 4.78 is 0. The normalized spacial score (nSPS) is 25.7. The first-order valence-corrected chi connectivity index (χ1v) is 4.76. The molecule has 76 valence electrons. The Morgan fingerprint density at radius 3 is 1.85 bits per heavy atom. The number of urea groups is 1. The van der Waals surface area contributed by atoms with Crippen LogP contribution in [0.1, 0.15) is 34.1 Å². The molecule has 1 fully saturated rings. The number of amides is 2. The molecular formula is C10H20N2O. The Kier molecular flexibility index (Phi) is 2.30. The van der Waals surface area contributed by atoms with E-state index in [2.05, 4.69) is 27.7 Å². The van der Waals surface area contributed by atoms with Gasteiger partial charge in [0.1, 0.15) is 0 Å². The summed E-state index contributed by atoms with van der Waals surface area (Å²) in [5.74, 6) is 0. The van der Waals surface area contributed by atoms with Gasteiger partial charge in [-0.25, -0.2) is 4.79 Å². The first kappa shape index (κ1) is 10.4. The van der Waals surface area contributed by atoms with Crippen LogP contribution in [0.3, 0.4) is 0 Å². The Morgan fingerprint density at radius 1 is 1.15 bits per heavy atom. The van der Waals surface area contributed by atoms with Crippen molar-refractivity contribution in [2.75, 3.05) is 13.1 Å². The zero-order chi connectivity index (χ0) is 10.3. The van der Waals surface area contributed by atoms with E-state index in [-0.39, 0.29) is 16.9 Å². The molecule has 0 saturated carbocycles. The van der Waals surface area contributed by atoms with E-state index in [1.807, 2.05) is 0 Å². The minimum atomic E-state index is -0.291. The molecular weight excluding hydrogens is 164 g/mol. The number of piperidine rings is 1. The van der Waals surface area contributed by atoms with Crippen LogP contribution >= 0.6 is 0 Å². The molecule has 1 rings (SSSR count). The van der Waals surface area contributed by atoms with Crippen molar-refractivity contribution in [3.05, 3.63) is 0 Å². The third-order valence-corrected chi connectivity index (χ3v) is 2.51. The van der Waals surface area contributed by atoms with Crippen molar-refractivity contribution >= 4 is 6.03 Å². The van der Waals surface area contributed by atoms with E-state index >= 15 is 0 Å². The van der Waals surface area contributed by atoms with Crippen molar-refractivity contribution in [1.82, 2.24) is 4.90 Å². The van der Waals surface area contributed by atoms with Crippen molar-refractivity contribution in [3.63, 3.8) is 0 Å². The fraction of sp³-hybridized carbons (Fsp3) is 0.900. The van der Waals surface area contributed by atoms with Gasteiger partial charge in [-0.05, 0) is 17.3 Å². The van der Waals surface area contributed by atoms with E-state index in [0.717, 1.165) is 19.5 Å². The zero-order valence-corrected chi connectivity index (χ0v) is 9.05. The predicted molar refractivity (Wildman–Crippen MR) is 53.3 cm³/mol. The zero-order valence-electron chi connectivity index (χ0n) is 9.05. The molecule has 13 heavy (non-hydrogen) atoms. The topological polar surface area (TPSA) is 46.3 Å². The maximum Gasteiger partial charge on any atom is 0.314 e. The Morgan fingerprint density at radius 2 is 1.54 bits per heavy atom. The summed E-state index contributed by atoms with van der Waals surface area (Å²) in [6, 6.07) is -0.291. The SMILES string of the molecule is CC1(C)CN(C(N)=O)CC(C)(C)C1. The molecule has 1 aliphatic rings. The maximum absolute atomic E-state index is 11.1. The second-order valence-electron chi connectivity index (χ2n) is 5.70. The first-order chi connectivity index (χ1) is 5.72. The van der Waals surface area contributed by atoms with E-state index in [9.17, 15) is 4.79 Å². The molecule has 2 N–H and O–H groups in total. The van der Waals surface area contributed by atoms with Crippen LogP contribution in [0.2, 0.25) is 0 Å². The highest BCUT2D eigenvalue weighted by molar-refractivity contribution is 5.72. The molecule has 3 nitrogen and oxygen atoms in total. The van der Waals surface area contributed by atoms with Crippen LogP contribution < -0.4 is 5.73 Å². The van der Waals surface area contributed by atoms with E-state index < -0.39 is 0 Å². The van der Waals surface area contributed by atoms with Gasteiger partial charge in [-0.1, -0.05) is 27.7 Å². The second kappa shape index (κ2) is 2.89. The van der Waals surface area contributed by atoms with Gasteiger partial charge in [0.25, 0.3) is 0 Å². The lowest BCUT2D eigenvalue weighted by Gasteiger charge is -2.46. The van der Waals surface area contributed by atoms with Gasteiger partial charge in [-0.2, -0.15) is 0 Å². The maximum atomic E-state index is 11.1. The Balaban J connectivity index is 2.78. The standard InChI is InChI=1S/C10H20N2O/c1-9(2)5-10(3,4)7-12(6-9)8(11)13/h5-7H2,1-4H3,(H2,11,13). The summed E-state index contributed by atoms with van der Waals surface area (Å²) in [4.78, 5) is 12.8. The van der Waals surface area contributed by atoms with Crippen LogP contribution in [0.25, 0.3) is 0 Å². The third-order valence-electron chi connectivity index (χ3n) is 2.51. The fourth-order valence-corrected chi connectivity index (χ4v) is 2.65. The highest BCUT2D eigenvalue weighted by Gasteiger charge is 2.38. The number of hydrogen-bond donors (Lipinski definition) is 1. The molecule has 0 aromatic carbocycles. The van der Waals surface area contributed by atoms with Crippen LogP contribution in [-0.4, -0.2) is 24.0 Å². The molecule has 2 amide bonds. The minimum Gasteiger partial charge on any atom is -0.351 e. The third kappa shape index (κ3) is 2.61. The van der Waals surface area contributed by atoms with E-state index in [1.54, 1.807) is 4.90 Å². The number of rotatable bonds is 0. The summed E-state index contributed by atoms with van der Waals surface area (Å²) in [7, 11) is 0. The average molecular weight is 184 g/mol. The monoisotopic (exact) mass is 184 g/mol. The van der Waals surface area contributed by atoms with Gasteiger partial charge >= 0.3 is 6.03 Å². The van der Waals surface area contributed by atoms with Crippen LogP contribution in [0, 0.1) is 10.8 Å². The van der Waals surface area contributed by atoms with Gasteiger partial charge in [0.05, 0.1) is 0 Å². The summed E-state index contributed by atoms with van der Waals surface area (Å²) in [6.45, 7) is 10.3. The highest BCUT2D eigenvalue weighted by Crippen LogP contribution is 2.39. The average Bonchev–Trinajstić information content (AvgIpc) is 1.79. The molecule has 3 heteroatoms. The van der Waals surface area contributed by atoms with E-state index in [1.165, 1.54) is 0 Å². The minimum absolute atomic E-state index is 0.191. The van der Waals surface area contributed by atoms with Crippen molar-refractivity contribution in [3.8, 4) is 0 Å². The number of carbonyl (C=O) groups excluding carboxylic acids is 1. The Labute approximate surface area is 80.3 Å². The molecule has 0 aromatic heterocycles. The van der Waals surface area contributed by atoms with Gasteiger partial charge in [0.15, 0.2) is 0 Å². The molecule has 0 spiro atoms. The van der Waals surface area contributed by atoms with Gasteiger partial charge in [-0.15, -0.1) is 0 Å². The first-order valence-electron chi connectivity index (χ1n) is 4.76. The van der Waals surface area contributed by atoms with Crippen LogP contribution in [-0.2, 0) is 0 Å². The molecule has 0 radical (unpaired) electrons. The number of carbonyl (C=O) groups is 1. The molecule has 1 aliphatic heterocycles. The summed E-state index contributed by atoms with van der Waals surface area (Å²) >= 11 is 0. The lowest BCUT2D eigenvalue weighted by molar-refractivity contribution is 0.0518. The Hall–Kier alpha value is -0.730. The van der Waals surface area contributed by atoms with E-state index in [4.69, 9.17) is 5.73 Å². The Bertz CT molecular complexity index is 205. The number of hydrogen-bond acceptors (Lipinski definition) is 1. The quantitative estimate of drug-likeness (QED) is 0.613. The van der Waals surface area contributed by atoms with Crippen LogP contribution in [0.5, 0.6) is 0 Å². The molecule has 0 bridgehead atoms.